The van der Waals surface area contributed by atoms with E-state index in [1.165, 1.54) is 12.1 Å². The number of carbonyl (C=O) groups is 3. The molecule has 2 saturated heterocycles. The lowest BCUT2D eigenvalue weighted by Gasteiger charge is -2.53. The monoisotopic (exact) mass is 443 g/mol. The van der Waals surface area contributed by atoms with E-state index in [1.54, 1.807) is 6.07 Å². The van der Waals surface area contributed by atoms with E-state index in [0.29, 0.717) is 11.4 Å². The number of rotatable bonds is 1. The molecule has 1 spiro atoms. The fourth-order valence-electron chi connectivity index (χ4n) is 5.07. The van der Waals surface area contributed by atoms with E-state index in [9.17, 15) is 14.4 Å². The molecule has 3 heterocycles. The third-order valence-electron chi connectivity index (χ3n) is 6.40. The largest absolute Gasteiger partial charge is 0.367 e. The molecule has 8 heteroatoms. The van der Waals surface area contributed by atoms with Crippen molar-refractivity contribution in [2.24, 2.45) is 5.41 Å². The fraction of sp³-hybridized carbons (Fsp3) is 0.318. The van der Waals surface area contributed by atoms with E-state index in [0.717, 1.165) is 35.5 Å². The molecular weight excluding hydrogens is 425 g/mol. The Balaban J connectivity index is 1.68. The standard InChI is InChI=1S/C22H19Cl2N3O3/c23-14-8-9-15(24)17(11-14)27-20(29)22(19(28)25-21(27)30)12-13-5-1-2-6-16(13)26-10-4-3-7-18(22)26/h1-2,5-6,8-9,11,18H,3-4,7,10,12H2,(H,25,28,30)/t18-,22-/m0/s1. The molecule has 3 aliphatic heterocycles. The Morgan fingerprint density at radius 2 is 1.80 bits per heavy atom. The van der Waals surface area contributed by atoms with Gasteiger partial charge in [-0.1, -0.05) is 41.4 Å². The van der Waals surface area contributed by atoms with Crippen molar-refractivity contribution in [1.29, 1.82) is 0 Å². The molecule has 0 radical (unpaired) electrons. The van der Waals surface area contributed by atoms with Gasteiger partial charge in [0.1, 0.15) is 0 Å². The van der Waals surface area contributed by atoms with Crippen molar-refractivity contribution in [2.45, 2.75) is 31.7 Å². The summed E-state index contributed by atoms with van der Waals surface area (Å²) >= 11 is 12.4. The van der Waals surface area contributed by atoms with Crippen LogP contribution in [-0.2, 0) is 16.0 Å². The third kappa shape index (κ3) is 2.67. The first-order valence-corrected chi connectivity index (χ1v) is 10.7. The molecule has 0 unspecified atom stereocenters. The minimum absolute atomic E-state index is 0.180. The van der Waals surface area contributed by atoms with E-state index in [-0.39, 0.29) is 23.2 Å². The van der Waals surface area contributed by atoms with E-state index < -0.39 is 23.3 Å². The molecule has 1 N–H and O–H groups in total. The van der Waals surface area contributed by atoms with Crippen LogP contribution >= 0.6 is 23.2 Å². The highest BCUT2D eigenvalue weighted by Gasteiger charge is 2.62. The number of urea groups is 1. The molecule has 4 amide bonds. The highest BCUT2D eigenvalue weighted by Crippen LogP contribution is 2.48. The Morgan fingerprint density at radius 1 is 1.00 bits per heavy atom. The summed E-state index contributed by atoms with van der Waals surface area (Å²) in [7, 11) is 0. The third-order valence-corrected chi connectivity index (χ3v) is 6.96. The Morgan fingerprint density at radius 3 is 2.63 bits per heavy atom. The van der Waals surface area contributed by atoms with Crippen LogP contribution < -0.4 is 15.1 Å². The van der Waals surface area contributed by atoms with Crippen LogP contribution in [0.2, 0.25) is 10.0 Å². The zero-order valence-corrected chi connectivity index (χ0v) is 17.5. The summed E-state index contributed by atoms with van der Waals surface area (Å²) in [5.41, 5.74) is 0.747. The predicted octanol–water partition coefficient (Wildman–Crippen LogP) is 4.18. The van der Waals surface area contributed by atoms with Gasteiger partial charge in [-0.15, -0.1) is 0 Å². The predicted molar refractivity (Wildman–Crippen MR) is 115 cm³/mol. The Hall–Kier alpha value is -2.57. The molecule has 6 nitrogen and oxygen atoms in total. The summed E-state index contributed by atoms with van der Waals surface area (Å²) in [5, 5.41) is 2.98. The van der Waals surface area contributed by atoms with Crippen LogP contribution in [0.5, 0.6) is 0 Å². The molecule has 0 bridgehead atoms. The van der Waals surface area contributed by atoms with Gasteiger partial charge in [0.05, 0.1) is 16.8 Å². The van der Waals surface area contributed by atoms with Crippen molar-refractivity contribution in [3.63, 3.8) is 0 Å². The average molecular weight is 444 g/mol. The van der Waals surface area contributed by atoms with Gasteiger partial charge in [-0.3, -0.25) is 14.9 Å². The van der Waals surface area contributed by atoms with Crippen LogP contribution in [0.15, 0.2) is 42.5 Å². The molecule has 2 aromatic rings. The van der Waals surface area contributed by atoms with E-state index in [1.807, 2.05) is 24.3 Å². The number of para-hydroxylation sites is 1. The highest BCUT2D eigenvalue weighted by atomic mass is 35.5. The van der Waals surface area contributed by atoms with Gasteiger partial charge in [0, 0.05) is 17.3 Å². The molecule has 2 aromatic carbocycles. The lowest BCUT2D eigenvalue weighted by molar-refractivity contribution is -0.145. The molecule has 2 atom stereocenters. The zero-order chi connectivity index (χ0) is 21.0. The summed E-state index contributed by atoms with van der Waals surface area (Å²) in [4.78, 5) is 43.2. The van der Waals surface area contributed by atoms with E-state index in [2.05, 4.69) is 10.2 Å². The van der Waals surface area contributed by atoms with E-state index >= 15 is 0 Å². The minimum atomic E-state index is -1.41. The molecule has 154 valence electrons. The maximum Gasteiger partial charge on any atom is 0.335 e. The summed E-state index contributed by atoms with van der Waals surface area (Å²) in [6, 6.07) is 11.3. The SMILES string of the molecule is O=C1NC(=O)[C@@]2(Cc3ccccc3N3CCCC[C@H]32)C(=O)N1c1cc(Cl)ccc1Cl. The number of amides is 4. The second-order valence-electron chi connectivity index (χ2n) is 7.98. The Labute approximate surface area is 183 Å². The first-order chi connectivity index (χ1) is 14.4. The topological polar surface area (TPSA) is 69.7 Å². The Bertz CT molecular complexity index is 1090. The van der Waals surface area contributed by atoms with Crippen LogP contribution in [0.4, 0.5) is 16.2 Å². The normalized spacial score (nSPS) is 25.8. The van der Waals surface area contributed by atoms with Gasteiger partial charge in [0.15, 0.2) is 5.41 Å². The van der Waals surface area contributed by atoms with Crippen molar-refractivity contribution in [1.82, 2.24) is 5.32 Å². The number of benzene rings is 2. The van der Waals surface area contributed by atoms with Gasteiger partial charge in [0.2, 0.25) is 5.91 Å². The summed E-state index contributed by atoms with van der Waals surface area (Å²) in [5.74, 6) is -1.09. The van der Waals surface area contributed by atoms with Crippen LogP contribution in [0.25, 0.3) is 0 Å². The molecule has 0 aliphatic carbocycles. The van der Waals surface area contributed by atoms with Crippen LogP contribution in [0.3, 0.4) is 0 Å². The molecular formula is C22H19Cl2N3O3. The maximum atomic E-state index is 14.0. The minimum Gasteiger partial charge on any atom is -0.367 e. The van der Waals surface area contributed by atoms with Gasteiger partial charge in [-0.25, -0.2) is 9.69 Å². The maximum absolute atomic E-state index is 14.0. The van der Waals surface area contributed by atoms with E-state index in [4.69, 9.17) is 23.2 Å². The molecule has 3 aliphatic rings. The number of barbiturate groups is 1. The number of fused-ring (bicyclic) bond motifs is 4. The second kappa shape index (κ2) is 7.00. The van der Waals surface area contributed by atoms with Gasteiger partial charge in [-0.2, -0.15) is 0 Å². The number of hydrogen-bond acceptors (Lipinski definition) is 4. The van der Waals surface area contributed by atoms with Crippen molar-refractivity contribution >= 4 is 52.4 Å². The van der Waals surface area contributed by atoms with Crippen molar-refractivity contribution in [3.8, 4) is 0 Å². The molecule has 5 rings (SSSR count). The summed E-state index contributed by atoms with van der Waals surface area (Å²) < 4.78 is 0. The van der Waals surface area contributed by atoms with Crippen LogP contribution in [0.1, 0.15) is 24.8 Å². The first kappa shape index (κ1) is 19.4. The first-order valence-electron chi connectivity index (χ1n) is 9.93. The number of piperidine rings is 1. The second-order valence-corrected chi connectivity index (χ2v) is 8.82. The number of hydrogen-bond donors (Lipinski definition) is 1. The summed E-state index contributed by atoms with van der Waals surface area (Å²) in [6.45, 7) is 0.760. The van der Waals surface area contributed by atoms with Crippen LogP contribution in [0, 0.1) is 5.41 Å². The molecule has 0 saturated carbocycles. The average Bonchev–Trinajstić information content (AvgIpc) is 2.74. The zero-order valence-electron chi connectivity index (χ0n) is 16.0. The van der Waals surface area contributed by atoms with Gasteiger partial charge < -0.3 is 4.90 Å². The molecule has 2 fully saturated rings. The highest BCUT2D eigenvalue weighted by molar-refractivity contribution is 6.39. The lowest BCUT2D eigenvalue weighted by atomic mass is 9.66. The van der Waals surface area contributed by atoms with Crippen molar-refractivity contribution in [3.05, 3.63) is 58.1 Å². The van der Waals surface area contributed by atoms with Crippen LogP contribution in [-0.4, -0.2) is 30.4 Å². The number of halogens is 2. The number of imide groups is 2. The molecule has 0 aromatic heterocycles. The number of nitrogens with zero attached hydrogens (tertiary/aromatic N) is 2. The number of anilines is 2. The fourth-order valence-corrected chi connectivity index (χ4v) is 5.44. The smallest absolute Gasteiger partial charge is 0.335 e. The van der Waals surface area contributed by atoms with Gasteiger partial charge in [-0.05, 0) is 55.5 Å². The quantitative estimate of drug-likeness (QED) is 0.671. The lowest BCUT2D eigenvalue weighted by Crippen LogP contribution is -2.73. The number of carbonyl (C=O) groups excluding carboxylic acids is 3. The molecule has 30 heavy (non-hydrogen) atoms. The van der Waals surface area contributed by atoms with Gasteiger partial charge >= 0.3 is 6.03 Å². The number of nitrogens with one attached hydrogen (secondary N) is 1. The summed E-state index contributed by atoms with van der Waals surface area (Å²) in [6.07, 6.45) is 2.83. The van der Waals surface area contributed by atoms with Crippen molar-refractivity contribution in [2.75, 3.05) is 16.3 Å². The van der Waals surface area contributed by atoms with Gasteiger partial charge in [0.25, 0.3) is 5.91 Å². The van der Waals surface area contributed by atoms with Crippen molar-refractivity contribution < 1.29 is 14.4 Å². The Kier molecular flexibility index (Phi) is 4.52.